The summed E-state index contributed by atoms with van der Waals surface area (Å²) in [7, 11) is 1.51. The van der Waals surface area contributed by atoms with Gasteiger partial charge in [-0.3, -0.25) is 4.98 Å². The van der Waals surface area contributed by atoms with Gasteiger partial charge in [0, 0.05) is 18.0 Å². The molecule has 0 aliphatic rings. The lowest BCUT2D eigenvalue weighted by Crippen LogP contribution is -1.92. The number of methoxy groups -OCH3 is 1. The van der Waals surface area contributed by atoms with E-state index >= 15 is 0 Å². The summed E-state index contributed by atoms with van der Waals surface area (Å²) < 4.78 is 4.84. The maximum absolute atomic E-state index is 9.07. The number of ether oxygens (including phenoxy) is 1. The fourth-order valence-corrected chi connectivity index (χ4v) is 1.11. The van der Waals surface area contributed by atoms with Crippen LogP contribution in [0.3, 0.4) is 0 Å². The lowest BCUT2D eigenvalue weighted by atomic mass is 10.2. The maximum atomic E-state index is 9.07. The third-order valence-electron chi connectivity index (χ3n) is 1.85. The first-order valence-electron chi connectivity index (χ1n) is 4.31. The van der Waals surface area contributed by atoms with E-state index in [-0.39, 0.29) is 5.75 Å². The van der Waals surface area contributed by atoms with E-state index in [2.05, 4.69) is 15.0 Å². The van der Waals surface area contributed by atoms with Crippen LogP contribution in [0.15, 0.2) is 30.7 Å². The van der Waals surface area contributed by atoms with Crippen LogP contribution in [0.5, 0.6) is 11.8 Å². The normalized spacial score (nSPS) is 9.93. The van der Waals surface area contributed by atoms with Gasteiger partial charge in [0.2, 0.25) is 0 Å². The molecule has 0 unspecified atom stereocenters. The van der Waals surface area contributed by atoms with Crippen molar-refractivity contribution in [3.05, 3.63) is 30.7 Å². The average molecular weight is 203 g/mol. The predicted octanol–water partition coefficient (Wildman–Crippen LogP) is 1.25. The second-order valence-electron chi connectivity index (χ2n) is 2.86. The van der Waals surface area contributed by atoms with E-state index in [9.17, 15) is 0 Å². The van der Waals surface area contributed by atoms with Gasteiger partial charge >= 0.3 is 6.01 Å². The highest BCUT2D eigenvalue weighted by molar-refractivity contribution is 5.56. The number of pyridine rings is 1. The fraction of sp³-hybridized carbons (Fsp3) is 0.100. The molecule has 5 heteroatoms. The molecule has 2 rings (SSSR count). The minimum Gasteiger partial charge on any atom is -0.506 e. The van der Waals surface area contributed by atoms with E-state index in [1.165, 1.54) is 13.3 Å². The molecule has 0 radical (unpaired) electrons. The summed E-state index contributed by atoms with van der Waals surface area (Å²) in [6.07, 6.45) is 4.61. The van der Waals surface area contributed by atoms with Gasteiger partial charge in [-0.2, -0.15) is 0 Å². The van der Waals surface area contributed by atoms with E-state index in [1.54, 1.807) is 24.5 Å². The Balaban J connectivity index is 2.33. The number of aromatic nitrogens is 3. The van der Waals surface area contributed by atoms with E-state index in [1.807, 2.05) is 0 Å². The molecular weight excluding hydrogens is 194 g/mol. The maximum Gasteiger partial charge on any atom is 0.316 e. The van der Waals surface area contributed by atoms with Crippen molar-refractivity contribution in [2.24, 2.45) is 0 Å². The number of nitrogens with zero attached hydrogens (tertiary/aromatic N) is 3. The zero-order chi connectivity index (χ0) is 10.7. The van der Waals surface area contributed by atoms with Crippen molar-refractivity contribution in [3.63, 3.8) is 0 Å². The fourth-order valence-electron chi connectivity index (χ4n) is 1.11. The molecule has 5 nitrogen and oxygen atoms in total. The van der Waals surface area contributed by atoms with E-state index < -0.39 is 0 Å². The van der Waals surface area contributed by atoms with Crippen LogP contribution in [-0.4, -0.2) is 27.2 Å². The number of hydrogen-bond donors (Lipinski definition) is 1. The molecule has 0 aliphatic heterocycles. The quantitative estimate of drug-likeness (QED) is 0.795. The molecule has 0 atom stereocenters. The highest BCUT2D eigenvalue weighted by Gasteiger charge is 2.01. The van der Waals surface area contributed by atoms with Crippen molar-refractivity contribution in [3.8, 4) is 23.0 Å². The number of aromatic hydroxyl groups is 1. The van der Waals surface area contributed by atoms with Crippen molar-refractivity contribution < 1.29 is 9.84 Å². The molecule has 0 amide bonds. The van der Waals surface area contributed by atoms with Gasteiger partial charge in [-0.25, -0.2) is 9.97 Å². The lowest BCUT2D eigenvalue weighted by molar-refractivity contribution is 0.380. The first-order valence-corrected chi connectivity index (χ1v) is 4.31. The third kappa shape index (κ3) is 2.01. The molecule has 0 fully saturated rings. The van der Waals surface area contributed by atoms with Crippen LogP contribution < -0.4 is 4.74 Å². The smallest absolute Gasteiger partial charge is 0.316 e. The molecule has 15 heavy (non-hydrogen) atoms. The first-order chi connectivity index (χ1) is 7.29. The molecule has 76 valence electrons. The highest BCUT2D eigenvalue weighted by atomic mass is 16.5. The van der Waals surface area contributed by atoms with Crippen LogP contribution in [0.2, 0.25) is 0 Å². The van der Waals surface area contributed by atoms with Gasteiger partial charge in [-0.1, -0.05) is 0 Å². The zero-order valence-electron chi connectivity index (χ0n) is 8.08. The van der Waals surface area contributed by atoms with Crippen LogP contribution in [0, 0.1) is 0 Å². The Morgan fingerprint density at radius 1 is 1.07 bits per heavy atom. The second-order valence-corrected chi connectivity index (χ2v) is 2.86. The van der Waals surface area contributed by atoms with E-state index in [4.69, 9.17) is 9.84 Å². The SMILES string of the molecule is COc1ncc(-c2ccc(O)cn2)cn1. The Morgan fingerprint density at radius 2 is 1.80 bits per heavy atom. The van der Waals surface area contributed by atoms with Crippen LogP contribution in [0.1, 0.15) is 0 Å². The summed E-state index contributed by atoms with van der Waals surface area (Å²) in [5.41, 5.74) is 1.48. The Hall–Kier alpha value is -2.17. The Labute approximate surface area is 86.4 Å². The molecular formula is C10H9N3O2. The molecule has 2 aromatic rings. The molecule has 0 saturated carbocycles. The monoisotopic (exact) mass is 203 g/mol. The molecule has 0 spiro atoms. The van der Waals surface area contributed by atoms with Crippen molar-refractivity contribution in [2.45, 2.75) is 0 Å². The Morgan fingerprint density at radius 3 is 2.33 bits per heavy atom. The topological polar surface area (TPSA) is 68.1 Å². The van der Waals surface area contributed by atoms with Gasteiger partial charge in [0.1, 0.15) is 5.75 Å². The van der Waals surface area contributed by atoms with E-state index in [0.717, 1.165) is 5.56 Å². The van der Waals surface area contributed by atoms with E-state index in [0.29, 0.717) is 11.7 Å². The summed E-state index contributed by atoms with van der Waals surface area (Å²) in [6, 6.07) is 3.57. The van der Waals surface area contributed by atoms with Crippen molar-refractivity contribution >= 4 is 0 Å². The summed E-state index contributed by atoms with van der Waals surface area (Å²) >= 11 is 0. The van der Waals surface area contributed by atoms with Crippen LogP contribution >= 0.6 is 0 Å². The standard InChI is InChI=1S/C10H9N3O2/c1-15-10-12-4-7(5-13-10)9-3-2-8(14)6-11-9/h2-6,14H,1H3. The Kier molecular flexibility index (Phi) is 2.45. The average Bonchev–Trinajstić information content (AvgIpc) is 2.30. The van der Waals surface area contributed by atoms with Crippen LogP contribution in [0.25, 0.3) is 11.3 Å². The Bertz CT molecular complexity index is 439. The summed E-state index contributed by atoms with van der Waals surface area (Å²) in [5, 5.41) is 9.07. The van der Waals surface area contributed by atoms with Gasteiger partial charge in [0.25, 0.3) is 0 Å². The van der Waals surface area contributed by atoms with Gasteiger partial charge < -0.3 is 9.84 Å². The first kappa shape index (κ1) is 9.39. The summed E-state index contributed by atoms with van der Waals surface area (Å²) in [5.74, 6) is 0.133. The summed E-state index contributed by atoms with van der Waals surface area (Å²) in [4.78, 5) is 12.0. The second kappa shape index (κ2) is 3.91. The van der Waals surface area contributed by atoms with Gasteiger partial charge in [0.05, 0.1) is 19.0 Å². The largest absolute Gasteiger partial charge is 0.506 e. The molecule has 2 heterocycles. The molecule has 0 aliphatic carbocycles. The minimum absolute atomic E-state index is 0.133. The lowest BCUT2D eigenvalue weighted by Gasteiger charge is -2.00. The number of hydrogen-bond acceptors (Lipinski definition) is 5. The molecule has 0 bridgehead atoms. The van der Waals surface area contributed by atoms with Crippen molar-refractivity contribution in [1.82, 2.24) is 15.0 Å². The molecule has 0 saturated heterocycles. The number of rotatable bonds is 2. The van der Waals surface area contributed by atoms with Crippen molar-refractivity contribution in [1.29, 1.82) is 0 Å². The zero-order valence-corrected chi connectivity index (χ0v) is 8.08. The van der Waals surface area contributed by atoms with Gasteiger partial charge in [-0.15, -0.1) is 0 Å². The minimum atomic E-state index is 0.133. The predicted molar refractivity (Wildman–Crippen MR) is 53.5 cm³/mol. The molecule has 2 aromatic heterocycles. The van der Waals surface area contributed by atoms with Gasteiger partial charge in [0.15, 0.2) is 0 Å². The molecule has 0 aromatic carbocycles. The van der Waals surface area contributed by atoms with Crippen LogP contribution in [-0.2, 0) is 0 Å². The third-order valence-corrected chi connectivity index (χ3v) is 1.85. The van der Waals surface area contributed by atoms with Gasteiger partial charge in [-0.05, 0) is 12.1 Å². The highest BCUT2D eigenvalue weighted by Crippen LogP contribution is 2.17. The molecule has 1 N–H and O–H groups in total. The summed E-state index contributed by atoms with van der Waals surface area (Å²) in [6.45, 7) is 0. The van der Waals surface area contributed by atoms with Crippen LogP contribution in [0.4, 0.5) is 0 Å². The van der Waals surface area contributed by atoms with Crippen molar-refractivity contribution in [2.75, 3.05) is 7.11 Å².